The molecule has 2 atom stereocenters. The van der Waals surface area contributed by atoms with E-state index in [1.54, 1.807) is 26.0 Å². The highest BCUT2D eigenvalue weighted by molar-refractivity contribution is 8.55. The number of amides is 1. The Bertz CT molecular complexity index is 1080. The Morgan fingerprint density at radius 3 is 1.38 bits per heavy atom. The Morgan fingerprint density at radius 2 is 0.964 bits per heavy atom. The van der Waals surface area contributed by atoms with Crippen LogP contribution in [0.1, 0.15) is 231 Å². The van der Waals surface area contributed by atoms with Crippen LogP contribution in [0.5, 0.6) is 0 Å². The molecule has 0 saturated carbocycles. The van der Waals surface area contributed by atoms with E-state index in [1.165, 1.54) is 141 Å². The summed E-state index contributed by atoms with van der Waals surface area (Å²) in [5, 5.41) is 3.21. The van der Waals surface area contributed by atoms with Gasteiger partial charge in [0.15, 0.2) is 0 Å². The van der Waals surface area contributed by atoms with Gasteiger partial charge in [-0.2, -0.15) is 0 Å². The van der Waals surface area contributed by atoms with Gasteiger partial charge in [0.2, 0.25) is 5.91 Å². The average molecular weight is 824 g/mol. The minimum Gasteiger partial charge on any atom is -0.457 e. The Balaban J connectivity index is 2.68. The first-order valence-electron chi connectivity index (χ1n) is 23.5. The number of benzene rings is 1. The van der Waals surface area contributed by atoms with Crippen LogP contribution >= 0.6 is 18.2 Å². The maximum Gasteiger partial charge on any atom is 0.389 e. The molecule has 0 aliphatic carbocycles. The average Bonchev–Trinajstić information content (AvgIpc) is 3.19. The van der Waals surface area contributed by atoms with Crippen LogP contribution in [0.4, 0.5) is 0 Å². The van der Waals surface area contributed by atoms with E-state index in [-0.39, 0.29) is 24.9 Å². The van der Waals surface area contributed by atoms with E-state index in [9.17, 15) is 14.2 Å². The number of hydrogen-bond donors (Lipinski definition) is 1. The molecule has 0 aliphatic rings. The second-order valence-corrected chi connectivity index (χ2v) is 19.9. The van der Waals surface area contributed by atoms with Gasteiger partial charge >= 0.3 is 12.8 Å². The van der Waals surface area contributed by atoms with Crippen molar-refractivity contribution in [1.82, 2.24) is 5.32 Å². The smallest absolute Gasteiger partial charge is 0.389 e. The van der Waals surface area contributed by atoms with Crippen molar-refractivity contribution in [3.63, 3.8) is 0 Å². The molecule has 2 unspecified atom stereocenters. The van der Waals surface area contributed by atoms with Crippen LogP contribution in [-0.4, -0.2) is 43.0 Å². The van der Waals surface area contributed by atoms with Gasteiger partial charge in [-0.3, -0.25) is 4.79 Å². The van der Waals surface area contributed by atoms with Crippen LogP contribution in [-0.2, 0) is 23.1 Å². The summed E-state index contributed by atoms with van der Waals surface area (Å²) in [5.74, 6) is -0.207. The number of esters is 1. The molecule has 0 aliphatic heterocycles. The fourth-order valence-electron chi connectivity index (χ4n) is 7.26. The fourth-order valence-corrected chi connectivity index (χ4v) is 10.9. The second kappa shape index (κ2) is 37.9. The molecule has 1 rings (SSSR count). The second-order valence-electron chi connectivity index (χ2n) is 15.8. The molecule has 0 radical (unpaired) electrons. The minimum atomic E-state index is -3.44. The van der Waals surface area contributed by atoms with Crippen LogP contribution in [0.25, 0.3) is 0 Å². The SMILES string of the molecule is CCCCCCCCCCCCCCCCCC(=O)NC(CSP(=O)(OCC)OCC)C(CCCCCCCCCCCCCCC)OC(=O)c1ccccc1. The summed E-state index contributed by atoms with van der Waals surface area (Å²) >= 11 is 1.09. The molecule has 1 aromatic carbocycles. The van der Waals surface area contributed by atoms with Crippen molar-refractivity contribution in [2.24, 2.45) is 0 Å². The molecule has 9 heteroatoms. The third-order valence-corrected chi connectivity index (χ3v) is 14.7. The molecule has 0 aromatic heterocycles. The third-order valence-electron chi connectivity index (χ3n) is 10.6. The summed E-state index contributed by atoms with van der Waals surface area (Å²) in [4.78, 5) is 26.8. The zero-order chi connectivity index (χ0) is 40.8. The molecule has 1 amide bonds. The Hall–Kier alpha value is -1.34. The summed E-state index contributed by atoms with van der Waals surface area (Å²) < 4.78 is 30.8. The normalized spacial score (nSPS) is 12.8. The summed E-state index contributed by atoms with van der Waals surface area (Å²) in [6.07, 6.45) is 35.9. The lowest BCUT2D eigenvalue weighted by Crippen LogP contribution is -2.47. The first kappa shape index (κ1) is 52.7. The van der Waals surface area contributed by atoms with E-state index in [1.807, 2.05) is 18.2 Å². The van der Waals surface area contributed by atoms with Gasteiger partial charge in [0.1, 0.15) is 6.10 Å². The number of nitrogens with one attached hydrogen (secondary N) is 1. The first-order chi connectivity index (χ1) is 27.4. The zero-order valence-electron chi connectivity index (χ0n) is 36.7. The molecular formula is C47H86NO6PS. The van der Waals surface area contributed by atoms with Gasteiger partial charge in [-0.15, -0.1) is 0 Å². The lowest BCUT2D eigenvalue weighted by molar-refractivity contribution is -0.122. The first-order valence-corrected chi connectivity index (χ1v) is 26.6. The van der Waals surface area contributed by atoms with E-state index in [2.05, 4.69) is 19.2 Å². The van der Waals surface area contributed by atoms with Crippen molar-refractivity contribution in [3.8, 4) is 0 Å². The van der Waals surface area contributed by atoms with Crippen LogP contribution in [0, 0.1) is 0 Å². The third kappa shape index (κ3) is 29.8. The molecule has 326 valence electrons. The highest BCUT2D eigenvalue weighted by Gasteiger charge is 2.32. The number of ether oxygens (including phenoxy) is 1. The number of carbonyl (C=O) groups excluding carboxylic acids is 2. The predicted octanol–water partition coefficient (Wildman–Crippen LogP) is 15.4. The van der Waals surface area contributed by atoms with Crippen LogP contribution in [0.2, 0.25) is 0 Å². The Morgan fingerprint density at radius 1 is 0.571 bits per heavy atom. The van der Waals surface area contributed by atoms with Crippen molar-refractivity contribution in [3.05, 3.63) is 35.9 Å². The lowest BCUT2D eigenvalue weighted by Gasteiger charge is -2.29. The molecule has 0 bridgehead atoms. The molecule has 1 N–H and O–H groups in total. The predicted molar refractivity (Wildman–Crippen MR) is 241 cm³/mol. The fraction of sp³-hybridized carbons (Fsp3) is 0.830. The molecule has 0 spiro atoms. The minimum absolute atomic E-state index is 0.0564. The quantitative estimate of drug-likeness (QED) is 0.0399. The highest BCUT2D eigenvalue weighted by Crippen LogP contribution is 2.60. The Kier molecular flexibility index (Phi) is 35.7. The van der Waals surface area contributed by atoms with E-state index in [0.29, 0.717) is 18.4 Å². The molecule has 0 heterocycles. The van der Waals surface area contributed by atoms with Crippen LogP contribution in [0.3, 0.4) is 0 Å². The maximum absolute atomic E-state index is 13.5. The van der Waals surface area contributed by atoms with Gasteiger partial charge in [-0.05, 0) is 56.6 Å². The number of carbonyl (C=O) groups is 2. The summed E-state index contributed by atoms with van der Waals surface area (Å²) in [6, 6.07) is 8.50. The van der Waals surface area contributed by atoms with Crippen molar-refractivity contribution in [2.45, 2.75) is 232 Å². The number of unbranched alkanes of at least 4 members (excludes halogenated alkanes) is 26. The Labute approximate surface area is 349 Å². The number of hydrogen-bond acceptors (Lipinski definition) is 7. The number of rotatable bonds is 41. The highest BCUT2D eigenvalue weighted by atomic mass is 32.7. The van der Waals surface area contributed by atoms with Gasteiger partial charge in [-0.25, -0.2) is 9.36 Å². The van der Waals surface area contributed by atoms with Crippen LogP contribution in [0.15, 0.2) is 30.3 Å². The zero-order valence-corrected chi connectivity index (χ0v) is 38.4. The van der Waals surface area contributed by atoms with Gasteiger partial charge < -0.3 is 19.1 Å². The van der Waals surface area contributed by atoms with E-state index in [0.717, 1.165) is 49.9 Å². The van der Waals surface area contributed by atoms with E-state index in [4.69, 9.17) is 13.8 Å². The van der Waals surface area contributed by atoms with Crippen molar-refractivity contribution >= 4 is 30.1 Å². The molecule has 56 heavy (non-hydrogen) atoms. The molecule has 7 nitrogen and oxygen atoms in total. The van der Waals surface area contributed by atoms with Gasteiger partial charge in [0, 0.05) is 12.2 Å². The standard InChI is InChI=1S/C47H86NO6PS/c1-5-9-11-13-15-17-19-21-22-24-26-28-30-32-37-41-46(49)48-44(42-56-55(51,52-7-3)53-8-4)45(54-47(50)43-38-34-33-35-39-43)40-36-31-29-27-25-23-20-18-16-14-12-10-6-2/h33-35,38-39,44-45H,5-32,36-37,40-42H2,1-4H3,(H,48,49). The molecule has 0 fully saturated rings. The summed E-state index contributed by atoms with van der Waals surface area (Å²) in [7, 11) is 0. The van der Waals surface area contributed by atoms with Crippen molar-refractivity contribution < 1.29 is 27.9 Å². The van der Waals surface area contributed by atoms with Gasteiger partial charge in [0.05, 0.1) is 24.8 Å². The molecule has 0 saturated heterocycles. The van der Waals surface area contributed by atoms with Crippen molar-refractivity contribution in [2.75, 3.05) is 19.0 Å². The summed E-state index contributed by atoms with van der Waals surface area (Å²) in [6.45, 7) is 5.20. The van der Waals surface area contributed by atoms with Crippen molar-refractivity contribution in [1.29, 1.82) is 0 Å². The van der Waals surface area contributed by atoms with Gasteiger partial charge in [0.25, 0.3) is 0 Å². The monoisotopic (exact) mass is 824 g/mol. The van der Waals surface area contributed by atoms with Gasteiger partial charge in [-0.1, -0.05) is 199 Å². The van der Waals surface area contributed by atoms with E-state index >= 15 is 0 Å². The lowest BCUT2D eigenvalue weighted by atomic mass is 10.0. The summed E-state index contributed by atoms with van der Waals surface area (Å²) in [5.41, 5.74) is 0.479. The largest absolute Gasteiger partial charge is 0.457 e. The molecular weight excluding hydrogens is 738 g/mol. The maximum atomic E-state index is 13.5. The van der Waals surface area contributed by atoms with E-state index < -0.39 is 24.9 Å². The molecule has 1 aromatic rings. The topological polar surface area (TPSA) is 90.9 Å². The van der Waals surface area contributed by atoms with Crippen LogP contribution < -0.4 is 5.32 Å².